The van der Waals surface area contributed by atoms with Crippen molar-refractivity contribution in [1.29, 1.82) is 0 Å². The first-order chi connectivity index (χ1) is 0. The van der Waals surface area contributed by atoms with Gasteiger partial charge in [-0.05, 0) is 0 Å². The topological polar surface area (TPSA) is 0 Å². The summed E-state index contributed by atoms with van der Waals surface area (Å²) in [6.45, 7) is 0. The van der Waals surface area contributed by atoms with Crippen LogP contribution in [-0.4, -0.2) is 46.1 Å². The molecule has 0 nitrogen and oxygen atoms in total. The predicted octanol–water partition coefficient (Wildman–Crippen LogP) is -5.85. The standard InChI is InChI=1S/2CH3.2ClH.2Mg/h2*1H3;2*1H;;/q2*-1;;;2*+2/p-2. The maximum Gasteiger partial charge on any atom is 2.00 e. The van der Waals surface area contributed by atoms with Crippen molar-refractivity contribution in [3.63, 3.8) is 0 Å². The van der Waals surface area contributed by atoms with Gasteiger partial charge in [-0.3, -0.25) is 0 Å². The van der Waals surface area contributed by atoms with Gasteiger partial charge < -0.3 is 39.7 Å². The van der Waals surface area contributed by atoms with Gasteiger partial charge in [0, 0.05) is 0 Å². The summed E-state index contributed by atoms with van der Waals surface area (Å²) < 4.78 is 0. The Labute approximate surface area is 85.0 Å². The van der Waals surface area contributed by atoms with Gasteiger partial charge in [0.05, 0.1) is 0 Å². The molecule has 0 rings (SSSR count). The molecule has 0 saturated heterocycles. The molecule has 0 aromatic rings. The zero-order chi connectivity index (χ0) is 0. The second-order valence-electron chi connectivity index (χ2n) is 0. The monoisotopic (exact) mass is 148 g/mol. The molecule has 0 heterocycles. The Bertz CT molecular complexity index is 9.51. The fourth-order valence-corrected chi connectivity index (χ4v) is 0. The van der Waals surface area contributed by atoms with Crippen LogP contribution in [0.2, 0.25) is 0 Å². The maximum atomic E-state index is 0. The van der Waals surface area contributed by atoms with Crippen molar-refractivity contribution < 1.29 is 24.8 Å². The van der Waals surface area contributed by atoms with Crippen LogP contribution in [0.3, 0.4) is 0 Å². The van der Waals surface area contributed by atoms with E-state index in [1.807, 2.05) is 0 Å². The van der Waals surface area contributed by atoms with Crippen LogP contribution in [0.1, 0.15) is 0 Å². The smallest absolute Gasteiger partial charge is 1.00 e. The van der Waals surface area contributed by atoms with E-state index in [0.717, 1.165) is 0 Å². The third kappa shape index (κ3) is 35.8. The van der Waals surface area contributed by atoms with Gasteiger partial charge in [-0.2, -0.15) is 0 Å². The normalized spacial score (nSPS) is 0. The molecule has 0 aliphatic heterocycles. The average molecular weight is 150 g/mol. The molecule has 0 saturated carbocycles. The summed E-state index contributed by atoms with van der Waals surface area (Å²) in [6, 6.07) is 0. The largest absolute Gasteiger partial charge is 2.00 e. The fourth-order valence-electron chi connectivity index (χ4n) is 0. The summed E-state index contributed by atoms with van der Waals surface area (Å²) in [5, 5.41) is 0. The number of halogens is 2. The Morgan fingerprint density at radius 2 is 0.500 bits per heavy atom. The van der Waals surface area contributed by atoms with Crippen LogP contribution >= 0.6 is 0 Å². The maximum absolute atomic E-state index is 0. The van der Waals surface area contributed by atoms with Crippen molar-refractivity contribution >= 4 is 46.1 Å². The average Bonchev–Trinajstić information content (AvgIpc) is 0. The Balaban J connectivity index is 0. The van der Waals surface area contributed by atoms with Crippen LogP contribution in [0.5, 0.6) is 0 Å². The minimum Gasteiger partial charge on any atom is -1.00 e. The first-order valence-electron chi connectivity index (χ1n) is 0. The van der Waals surface area contributed by atoms with E-state index < -0.39 is 0 Å². The first kappa shape index (κ1) is 92.0. The third-order valence-corrected chi connectivity index (χ3v) is 0. The molecule has 0 aromatic heterocycles. The molecule has 0 fully saturated rings. The number of hydrogen-bond acceptors (Lipinski definition) is 0. The van der Waals surface area contributed by atoms with E-state index in [9.17, 15) is 0 Å². The first-order valence-corrected chi connectivity index (χ1v) is 0. The molecule has 4 heteroatoms. The van der Waals surface area contributed by atoms with Gasteiger partial charge in [0.15, 0.2) is 0 Å². The van der Waals surface area contributed by atoms with E-state index in [2.05, 4.69) is 0 Å². The van der Waals surface area contributed by atoms with Crippen LogP contribution in [0, 0.1) is 14.9 Å². The Kier molecular flexibility index (Phi) is 913. The summed E-state index contributed by atoms with van der Waals surface area (Å²) in [6.07, 6.45) is 0. The number of hydrogen-bond donors (Lipinski definition) is 0. The molecule has 0 radical (unpaired) electrons. The van der Waals surface area contributed by atoms with Gasteiger partial charge in [-0.15, -0.1) is 0 Å². The van der Waals surface area contributed by atoms with Gasteiger partial charge >= 0.3 is 46.1 Å². The van der Waals surface area contributed by atoms with E-state index in [0.29, 0.717) is 0 Å². The fraction of sp³-hybridized carbons (Fsp3) is 0. The van der Waals surface area contributed by atoms with Crippen molar-refractivity contribution in [3.8, 4) is 0 Å². The summed E-state index contributed by atoms with van der Waals surface area (Å²) in [5.74, 6) is 0. The summed E-state index contributed by atoms with van der Waals surface area (Å²) in [5.41, 5.74) is 0. The van der Waals surface area contributed by atoms with E-state index >= 15 is 0 Å². The molecular weight excluding hydrogens is 144 g/mol. The Morgan fingerprint density at radius 3 is 0.500 bits per heavy atom. The van der Waals surface area contributed by atoms with Crippen molar-refractivity contribution in [2.75, 3.05) is 0 Å². The zero-order valence-electron chi connectivity index (χ0n) is 4.17. The van der Waals surface area contributed by atoms with E-state index in [1.165, 1.54) is 0 Å². The zero-order valence-corrected chi connectivity index (χ0v) is 8.51. The third-order valence-electron chi connectivity index (χ3n) is 0. The molecule has 0 bridgehead atoms. The molecule has 0 aromatic carbocycles. The van der Waals surface area contributed by atoms with Gasteiger partial charge in [-0.25, -0.2) is 0 Å². The minimum atomic E-state index is 0. The minimum absolute atomic E-state index is 0. The van der Waals surface area contributed by atoms with Crippen molar-refractivity contribution in [3.05, 3.63) is 14.9 Å². The molecule has 0 aliphatic carbocycles. The van der Waals surface area contributed by atoms with Gasteiger partial charge in [0.25, 0.3) is 0 Å². The Hall–Kier alpha value is 2.11. The molecule has 0 N–H and O–H groups in total. The molecule has 0 spiro atoms. The molecule has 0 aliphatic rings. The SMILES string of the molecule is [CH3-].[CH3-].[Cl-].[Cl-].[Mg+2].[Mg+2]. The van der Waals surface area contributed by atoms with E-state index in [-0.39, 0.29) is 85.8 Å². The second kappa shape index (κ2) is 59.5. The van der Waals surface area contributed by atoms with Crippen molar-refractivity contribution in [2.45, 2.75) is 0 Å². The molecule has 0 unspecified atom stereocenters. The second-order valence-corrected chi connectivity index (χ2v) is 0. The van der Waals surface area contributed by atoms with Crippen LogP contribution in [-0.2, 0) is 0 Å². The summed E-state index contributed by atoms with van der Waals surface area (Å²) in [7, 11) is 0. The predicted molar refractivity (Wildman–Crippen MR) is 24.3 cm³/mol. The van der Waals surface area contributed by atoms with Crippen molar-refractivity contribution in [1.82, 2.24) is 0 Å². The number of rotatable bonds is 0. The van der Waals surface area contributed by atoms with Crippen LogP contribution in [0.15, 0.2) is 0 Å². The summed E-state index contributed by atoms with van der Waals surface area (Å²) in [4.78, 5) is 0. The molecule has 0 atom stereocenters. The van der Waals surface area contributed by atoms with Gasteiger partial charge in [0.2, 0.25) is 0 Å². The summed E-state index contributed by atoms with van der Waals surface area (Å²) >= 11 is 0. The Morgan fingerprint density at radius 1 is 0.500 bits per heavy atom. The van der Waals surface area contributed by atoms with Crippen LogP contribution < -0.4 is 24.8 Å². The van der Waals surface area contributed by atoms with E-state index in [4.69, 9.17) is 0 Å². The quantitative estimate of drug-likeness (QED) is 0.238. The molecular formula is C2H6Cl2Mg2. The van der Waals surface area contributed by atoms with Crippen LogP contribution in [0.25, 0.3) is 0 Å². The molecule has 0 amide bonds. The molecule has 32 valence electrons. The molecule has 6 heavy (non-hydrogen) atoms. The van der Waals surface area contributed by atoms with Gasteiger partial charge in [0.1, 0.15) is 0 Å². The van der Waals surface area contributed by atoms with E-state index in [1.54, 1.807) is 0 Å². The van der Waals surface area contributed by atoms with Crippen molar-refractivity contribution in [2.24, 2.45) is 0 Å². The van der Waals surface area contributed by atoms with Gasteiger partial charge in [-0.1, -0.05) is 0 Å². The van der Waals surface area contributed by atoms with Crippen LogP contribution in [0.4, 0.5) is 0 Å².